The summed E-state index contributed by atoms with van der Waals surface area (Å²) >= 11 is 0. The Labute approximate surface area is 76.5 Å². The van der Waals surface area contributed by atoms with E-state index in [1.165, 1.54) is 0 Å². The van der Waals surface area contributed by atoms with Gasteiger partial charge in [-0.25, -0.2) is 0 Å². The number of rotatable bonds is 0. The van der Waals surface area contributed by atoms with Gasteiger partial charge in [0.15, 0.2) is 0 Å². The van der Waals surface area contributed by atoms with E-state index in [1.54, 1.807) is 4.90 Å². The summed E-state index contributed by atoms with van der Waals surface area (Å²) in [5.74, 6) is 0.00588. The fourth-order valence-corrected chi connectivity index (χ4v) is 1.79. The van der Waals surface area contributed by atoms with E-state index in [0.717, 1.165) is 6.42 Å². The van der Waals surface area contributed by atoms with Crippen molar-refractivity contribution in [3.63, 3.8) is 0 Å². The summed E-state index contributed by atoms with van der Waals surface area (Å²) in [6, 6.07) is -0.288. The molecule has 0 radical (unpaired) electrons. The van der Waals surface area contributed by atoms with Gasteiger partial charge in [-0.15, -0.1) is 0 Å². The topological polar surface area (TPSA) is 61.4 Å². The van der Waals surface area contributed by atoms with Crippen LogP contribution < -0.4 is 10.6 Å². The average Bonchev–Trinajstić information content (AvgIpc) is 2.30. The van der Waals surface area contributed by atoms with E-state index in [0.29, 0.717) is 26.2 Å². The standard InChI is InChI=1S/C8H13N3O2/c12-7-5-9-4-6-8(13)10-2-1-3-11(6)7/h6,9H,1-5H2,(H,10,13). The number of hydrogen-bond acceptors (Lipinski definition) is 3. The van der Waals surface area contributed by atoms with Crippen molar-refractivity contribution in [3.05, 3.63) is 0 Å². The normalized spacial score (nSPS) is 29.2. The molecule has 2 saturated heterocycles. The summed E-state index contributed by atoms with van der Waals surface area (Å²) in [4.78, 5) is 24.5. The van der Waals surface area contributed by atoms with Gasteiger partial charge in [-0.3, -0.25) is 9.59 Å². The molecule has 0 spiro atoms. The van der Waals surface area contributed by atoms with Gasteiger partial charge in [0, 0.05) is 19.6 Å². The van der Waals surface area contributed by atoms with Crippen molar-refractivity contribution < 1.29 is 9.59 Å². The van der Waals surface area contributed by atoms with Gasteiger partial charge in [0.1, 0.15) is 6.04 Å². The number of carbonyl (C=O) groups excluding carboxylic acids is 2. The molecule has 2 fully saturated rings. The summed E-state index contributed by atoms with van der Waals surface area (Å²) < 4.78 is 0. The quantitative estimate of drug-likeness (QED) is 0.471. The number of piperazine rings is 1. The molecule has 13 heavy (non-hydrogen) atoms. The average molecular weight is 183 g/mol. The molecule has 2 aliphatic heterocycles. The van der Waals surface area contributed by atoms with E-state index >= 15 is 0 Å². The Morgan fingerprint density at radius 2 is 2.23 bits per heavy atom. The maximum Gasteiger partial charge on any atom is 0.244 e. The van der Waals surface area contributed by atoms with Crippen LogP contribution in [0.3, 0.4) is 0 Å². The minimum absolute atomic E-state index is 0.0296. The van der Waals surface area contributed by atoms with Crippen molar-refractivity contribution in [1.82, 2.24) is 15.5 Å². The highest BCUT2D eigenvalue weighted by atomic mass is 16.2. The molecule has 2 heterocycles. The molecule has 0 aromatic heterocycles. The van der Waals surface area contributed by atoms with Gasteiger partial charge in [0.2, 0.25) is 11.8 Å². The van der Waals surface area contributed by atoms with E-state index in [-0.39, 0.29) is 17.9 Å². The van der Waals surface area contributed by atoms with E-state index in [4.69, 9.17) is 0 Å². The number of fused-ring (bicyclic) bond motifs is 1. The third kappa shape index (κ3) is 1.51. The molecule has 2 N–H and O–H groups in total. The lowest BCUT2D eigenvalue weighted by Gasteiger charge is -2.32. The molecule has 5 heteroatoms. The number of carbonyl (C=O) groups is 2. The smallest absolute Gasteiger partial charge is 0.244 e. The molecular weight excluding hydrogens is 170 g/mol. The van der Waals surface area contributed by atoms with Crippen molar-refractivity contribution in [1.29, 1.82) is 0 Å². The number of nitrogens with zero attached hydrogens (tertiary/aromatic N) is 1. The Bertz CT molecular complexity index is 242. The van der Waals surface area contributed by atoms with Crippen molar-refractivity contribution in [3.8, 4) is 0 Å². The van der Waals surface area contributed by atoms with Crippen molar-refractivity contribution in [2.75, 3.05) is 26.2 Å². The summed E-state index contributed by atoms with van der Waals surface area (Å²) in [6.45, 7) is 2.32. The van der Waals surface area contributed by atoms with Gasteiger partial charge in [-0.2, -0.15) is 0 Å². The number of hydrogen-bond donors (Lipinski definition) is 2. The first-order chi connectivity index (χ1) is 6.29. The molecule has 2 aliphatic rings. The molecule has 5 nitrogen and oxygen atoms in total. The fourth-order valence-electron chi connectivity index (χ4n) is 1.79. The lowest BCUT2D eigenvalue weighted by Crippen LogP contribution is -2.58. The predicted octanol–water partition coefficient (Wildman–Crippen LogP) is -1.69. The minimum atomic E-state index is -0.288. The Morgan fingerprint density at radius 3 is 3.08 bits per heavy atom. The minimum Gasteiger partial charge on any atom is -0.354 e. The van der Waals surface area contributed by atoms with Crippen LogP contribution in [0, 0.1) is 0 Å². The summed E-state index contributed by atoms with van der Waals surface area (Å²) in [6.07, 6.45) is 0.855. The predicted molar refractivity (Wildman–Crippen MR) is 46.0 cm³/mol. The molecule has 0 saturated carbocycles. The zero-order valence-corrected chi connectivity index (χ0v) is 7.38. The lowest BCUT2D eigenvalue weighted by molar-refractivity contribution is -0.141. The Hall–Kier alpha value is -1.10. The lowest BCUT2D eigenvalue weighted by atomic mass is 10.2. The molecule has 2 amide bonds. The van der Waals surface area contributed by atoms with Crippen LogP contribution in [0.4, 0.5) is 0 Å². The Kier molecular flexibility index (Phi) is 2.18. The number of nitrogens with one attached hydrogen (secondary N) is 2. The molecule has 72 valence electrons. The van der Waals surface area contributed by atoms with Crippen LogP contribution in [0.1, 0.15) is 6.42 Å². The van der Waals surface area contributed by atoms with Crippen LogP contribution in [-0.4, -0.2) is 48.9 Å². The Morgan fingerprint density at radius 1 is 1.38 bits per heavy atom. The molecular formula is C8H13N3O2. The van der Waals surface area contributed by atoms with Gasteiger partial charge in [-0.05, 0) is 6.42 Å². The van der Waals surface area contributed by atoms with Crippen LogP contribution >= 0.6 is 0 Å². The molecule has 1 atom stereocenters. The summed E-state index contributed by atoms with van der Waals surface area (Å²) in [5, 5.41) is 5.73. The van der Waals surface area contributed by atoms with Crippen LogP contribution in [-0.2, 0) is 9.59 Å². The first-order valence-electron chi connectivity index (χ1n) is 4.57. The molecule has 0 aromatic rings. The maximum absolute atomic E-state index is 11.4. The largest absolute Gasteiger partial charge is 0.354 e. The fraction of sp³-hybridized carbons (Fsp3) is 0.750. The highest BCUT2D eigenvalue weighted by molar-refractivity contribution is 5.90. The van der Waals surface area contributed by atoms with Crippen molar-refractivity contribution >= 4 is 11.8 Å². The van der Waals surface area contributed by atoms with E-state index in [9.17, 15) is 9.59 Å². The molecule has 0 aromatic carbocycles. The van der Waals surface area contributed by atoms with E-state index in [2.05, 4.69) is 10.6 Å². The van der Waals surface area contributed by atoms with Gasteiger partial charge >= 0.3 is 0 Å². The molecule has 2 rings (SSSR count). The van der Waals surface area contributed by atoms with E-state index in [1.807, 2.05) is 0 Å². The van der Waals surface area contributed by atoms with Crippen LogP contribution in [0.25, 0.3) is 0 Å². The first-order valence-corrected chi connectivity index (χ1v) is 4.57. The van der Waals surface area contributed by atoms with Gasteiger partial charge in [-0.1, -0.05) is 0 Å². The summed E-state index contributed by atoms with van der Waals surface area (Å²) in [5.41, 5.74) is 0. The van der Waals surface area contributed by atoms with Crippen LogP contribution in [0.2, 0.25) is 0 Å². The second-order valence-electron chi connectivity index (χ2n) is 3.38. The molecule has 0 aliphatic carbocycles. The monoisotopic (exact) mass is 183 g/mol. The van der Waals surface area contributed by atoms with Crippen molar-refractivity contribution in [2.24, 2.45) is 0 Å². The van der Waals surface area contributed by atoms with E-state index < -0.39 is 0 Å². The van der Waals surface area contributed by atoms with Gasteiger partial charge in [0.05, 0.1) is 6.54 Å². The van der Waals surface area contributed by atoms with Crippen LogP contribution in [0.5, 0.6) is 0 Å². The zero-order valence-electron chi connectivity index (χ0n) is 7.38. The SMILES string of the molecule is O=C1NCCCN2C(=O)CNCC12. The number of amides is 2. The van der Waals surface area contributed by atoms with Crippen LogP contribution in [0.15, 0.2) is 0 Å². The highest BCUT2D eigenvalue weighted by Crippen LogP contribution is 2.08. The molecule has 1 unspecified atom stereocenters. The third-order valence-electron chi connectivity index (χ3n) is 2.49. The van der Waals surface area contributed by atoms with Gasteiger partial charge in [0.25, 0.3) is 0 Å². The zero-order chi connectivity index (χ0) is 9.26. The van der Waals surface area contributed by atoms with Gasteiger partial charge < -0.3 is 15.5 Å². The Balaban J connectivity index is 2.17. The summed E-state index contributed by atoms with van der Waals surface area (Å²) in [7, 11) is 0. The second-order valence-corrected chi connectivity index (χ2v) is 3.38. The highest BCUT2D eigenvalue weighted by Gasteiger charge is 2.33. The third-order valence-corrected chi connectivity index (χ3v) is 2.49. The first kappa shape index (κ1) is 8.50. The second kappa shape index (κ2) is 3.33. The van der Waals surface area contributed by atoms with Crippen molar-refractivity contribution in [2.45, 2.75) is 12.5 Å². The maximum atomic E-state index is 11.4. The molecule has 0 bridgehead atoms.